The van der Waals surface area contributed by atoms with Crippen LogP contribution in [0.4, 0.5) is 0 Å². The van der Waals surface area contributed by atoms with Crippen LogP contribution in [0.25, 0.3) is 0 Å². The molecule has 18 heavy (non-hydrogen) atoms. The van der Waals surface area contributed by atoms with Crippen LogP contribution in [0.15, 0.2) is 0 Å². The highest BCUT2D eigenvalue weighted by molar-refractivity contribution is 5.85. The first-order valence-corrected chi connectivity index (χ1v) is 6.28. The van der Waals surface area contributed by atoms with Crippen LogP contribution in [-0.4, -0.2) is 50.1 Å². The van der Waals surface area contributed by atoms with Crippen LogP contribution in [0.1, 0.15) is 32.6 Å². The zero-order chi connectivity index (χ0) is 12.0. The molecule has 1 unspecified atom stereocenters. The van der Waals surface area contributed by atoms with Crippen molar-refractivity contribution in [3.05, 3.63) is 0 Å². The van der Waals surface area contributed by atoms with Crippen molar-refractivity contribution in [2.75, 3.05) is 27.2 Å². The zero-order valence-corrected chi connectivity index (χ0v) is 13.2. The van der Waals surface area contributed by atoms with Crippen molar-refractivity contribution in [2.45, 2.75) is 44.7 Å². The molecule has 1 fully saturated rings. The molecule has 0 bridgehead atoms. The number of hydrogen-bond donors (Lipinski definition) is 2. The summed E-state index contributed by atoms with van der Waals surface area (Å²) in [7, 11) is 4.06. The van der Waals surface area contributed by atoms with Crippen LogP contribution >= 0.6 is 24.8 Å². The molecule has 1 saturated carbocycles. The molecular formula is C12H27Cl2N3O. The lowest BCUT2D eigenvalue weighted by Crippen LogP contribution is -2.41. The fourth-order valence-corrected chi connectivity index (χ4v) is 1.76. The molecule has 0 aliphatic heterocycles. The van der Waals surface area contributed by atoms with Crippen LogP contribution in [0.5, 0.6) is 0 Å². The largest absolute Gasteiger partial charge is 0.355 e. The first kappa shape index (κ1) is 20.3. The maximum atomic E-state index is 11.5. The summed E-state index contributed by atoms with van der Waals surface area (Å²) in [5.74, 6) is 0.172. The van der Waals surface area contributed by atoms with E-state index in [0.717, 1.165) is 25.6 Å². The molecule has 0 radical (unpaired) electrons. The number of rotatable bonds is 8. The van der Waals surface area contributed by atoms with Crippen molar-refractivity contribution in [1.82, 2.24) is 15.5 Å². The lowest BCUT2D eigenvalue weighted by molar-refractivity contribution is -0.121. The summed E-state index contributed by atoms with van der Waals surface area (Å²) in [5.41, 5.74) is 0. The predicted octanol–water partition coefficient (Wildman–Crippen LogP) is 1.43. The molecule has 0 spiro atoms. The van der Waals surface area contributed by atoms with Gasteiger partial charge in [0.2, 0.25) is 5.91 Å². The summed E-state index contributed by atoms with van der Waals surface area (Å²) >= 11 is 0. The molecule has 6 heteroatoms. The van der Waals surface area contributed by atoms with Crippen molar-refractivity contribution >= 4 is 30.7 Å². The van der Waals surface area contributed by atoms with Crippen molar-refractivity contribution in [3.63, 3.8) is 0 Å². The highest BCUT2D eigenvalue weighted by atomic mass is 35.5. The van der Waals surface area contributed by atoms with Gasteiger partial charge in [0.1, 0.15) is 0 Å². The van der Waals surface area contributed by atoms with Crippen LogP contribution < -0.4 is 10.6 Å². The van der Waals surface area contributed by atoms with Crippen molar-refractivity contribution in [2.24, 2.45) is 0 Å². The molecule has 0 saturated heterocycles. The highest BCUT2D eigenvalue weighted by Gasteiger charge is 2.28. The SMILES string of the molecule is CNCCCC(=O)NCC(C)N(C)C1CC1.Cl.Cl. The minimum Gasteiger partial charge on any atom is -0.355 e. The predicted molar refractivity (Wildman–Crippen MR) is 80.9 cm³/mol. The summed E-state index contributed by atoms with van der Waals surface area (Å²) in [6.45, 7) is 3.85. The second-order valence-electron chi connectivity index (χ2n) is 4.76. The molecule has 0 heterocycles. The molecule has 1 amide bonds. The quantitative estimate of drug-likeness (QED) is 0.667. The maximum absolute atomic E-state index is 11.5. The van der Waals surface area contributed by atoms with Gasteiger partial charge in [0.05, 0.1) is 0 Å². The Morgan fingerprint density at radius 3 is 2.50 bits per heavy atom. The minimum atomic E-state index is 0. The third-order valence-corrected chi connectivity index (χ3v) is 3.24. The number of carbonyl (C=O) groups excluding carboxylic acids is 1. The fraction of sp³-hybridized carbons (Fsp3) is 0.917. The molecule has 4 nitrogen and oxygen atoms in total. The molecule has 1 aliphatic rings. The van der Waals surface area contributed by atoms with Gasteiger partial charge in [0, 0.05) is 25.0 Å². The third-order valence-electron chi connectivity index (χ3n) is 3.24. The number of likely N-dealkylation sites (N-methyl/N-ethyl adjacent to an activating group) is 1. The van der Waals surface area contributed by atoms with Crippen molar-refractivity contribution < 1.29 is 4.79 Å². The number of halogens is 2. The zero-order valence-electron chi connectivity index (χ0n) is 11.6. The smallest absolute Gasteiger partial charge is 0.220 e. The van der Waals surface area contributed by atoms with Gasteiger partial charge in [-0.05, 0) is 46.8 Å². The monoisotopic (exact) mass is 299 g/mol. The van der Waals surface area contributed by atoms with Gasteiger partial charge in [-0.2, -0.15) is 0 Å². The lowest BCUT2D eigenvalue weighted by Gasteiger charge is -2.24. The van der Waals surface area contributed by atoms with Crippen LogP contribution in [0, 0.1) is 0 Å². The number of carbonyl (C=O) groups is 1. The van der Waals surface area contributed by atoms with Crippen LogP contribution in [-0.2, 0) is 4.79 Å². The van der Waals surface area contributed by atoms with Gasteiger partial charge in [-0.1, -0.05) is 0 Å². The van der Waals surface area contributed by atoms with Gasteiger partial charge in [0.25, 0.3) is 0 Å². The standard InChI is InChI=1S/C12H25N3O.2ClH/c1-10(15(3)11-6-7-11)9-14-12(16)5-4-8-13-2;;/h10-11,13H,4-9H2,1-3H3,(H,14,16);2*1H. The normalized spacial score (nSPS) is 15.6. The second-order valence-corrected chi connectivity index (χ2v) is 4.76. The summed E-state index contributed by atoms with van der Waals surface area (Å²) in [5, 5.41) is 6.04. The number of hydrogen-bond acceptors (Lipinski definition) is 3. The van der Waals surface area contributed by atoms with E-state index in [2.05, 4.69) is 29.5 Å². The first-order chi connectivity index (χ1) is 7.65. The Labute approximate surface area is 123 Å². The molecule has 0 aromatic heterocycles. The first-order valence-electron chi connectivity index (χ1n) is 6.28. The maximum Gasteiger partial charge on any atom is 0.220 e. The number of nitrogens with zero attached hydrogens (tertiary/aromatic N) is 1. The minimum absolute atomic E-state index is 0. The Balaban J connectivity index is 0. The second kappa shape index (κ2) is 10.9. The van der Waals surface area contributed by atoms with E-state index < -0.39 is 0 Å². The molecule has 1 rings (SSSR count). The van der Waals surface area contributed by atoms with Crippen LogP contribution in [0.3, 0.4) is 0 Å². The molecule has 110 valence electrons. The van der Waals surface area contributed by atoms with E-state index in [1.807, 2.05) is 7.05 Å². The molecule has 2 N–H and O–H groups in total. The van der Waals surface area contributed by atoms with E-state index >= 15 is 0 Å². The topological polar surface area (TPSA) is 44.4 Å². The Kier molecular flexibility index (Phi) is 12.2. The summed E-state index contributed by atoms with van der Waals surface area (Å²) in [6.07, 6.45) is 4.17. The molecule has 0 aromatic rings. The van der Waals surface area contributed by atoms with Gasteiger partial charge < -0.3 is 10.6 Å². The summed E-state index contributed by atoms with van der Waals surface area (Å²) in [4.78, 5) is 13.8. The average molecular weight is 300 g/mol. The summed E-state index contributed by atoms with van der Waals surface area (Å²) in [6, 6.07) is 1.21. The number of amides is 1. The van der Waals surface area contributed by atoms with E-state index in [1.54, 1.807) is 0 Å². The van der Waals surface area contributed by atoms with Gasteiger partial charge in [-0.15, -0.1) is 24.8 Å². The van der Waals surface area contributed by atoms with Crippen LogP contribution in [0.2, 0.25) is 0 Å². The van der Waals surface area contributed by atoms with E-state index in [0.29, 0.717) is 12.5 Å². The Morgan fingerprint density at radius 2 is 2.00 bits per heavy atom. The molecular weight excluding hydrogens is 273 g/mol. The van der Waals surface area contributed by atoms with Gasteiger partial charge >= 0.3 is 0 Å². The van der Waals surface area contributed by atoms with E-state index in [-0.39, 0.29) is 30.7 Å². The molecule has 1 aliphatic carbocycles. The van der Waals surface area contributed by atoms with E-state index in [1.165, 1.54) is 12.8 Å². The Bertz CT molecular complexity index is 225. The van der Waals surface area contributed by atoms with Gasteiger partial charge in [0.15, 0.2) is 0 Å². The van der Waals surface area contributed by atoms with E-state index in [4.69, 9.17) is 0 Å². The number of nitrogens with one attached hydrogen (secondary N) is 2. The third kappa shape index (κ3) is 8.14. The Hall–Kier alpha value is -0.0300. The molecule has 0 aromatic carbocycles. The van der Waals surface area contributed by atoms with E-state index in [9.17, 15) is 4.79 Å². The van der Waals surface area contributed by atoms with Crippen molar-refractivity contribution in [3.8, 4) is 0 Å². The Morgan fingerprint density at radius 1 is 1.39 bits per heavy atom. The average Bonchev–Trinajstić information content (AvgIpc) is 3.09. The lowest BCUT2D eigenvalue weighted by atomic mass is 10.2. The molecule has 1 atom stereocenters. The van der Waals surface area contributed by atoms with Gasteiger partial charge in [-0.25, -0.2) is 0 Å². The van der Waals surface area contributed by atoms with Crippen molar-refractivity contribution in [1.29, 1.82) is 0 Å². The van der Waals surface area contributed by atoms with Gasteiger partial charge in [-0.3, -0.25) is 9.69 Å². The highest BCUT2D eigenvalue weighted by Crippen LogP contribution is 2.26. The summed E-state index contributed by atoms with van der Waals surface area (Å²) < 4.78 is 0. The fourth-order valence-electron chi connectivity index (χ4n) is 1.76.